The zero-order valence-electron chi connectivity index (χ0n) is 17.7. The van der Waals surface area contributed by atoms with Gasteiger partial charge in [-0.2, -0.15) is 0 Å². The Morgan fingerprint density at radius 3 is 2.69 bits per heavy atom. The summed E-state index contributed by atoms with van der Waals surface area (Å²) in [5.41, 5.74) is 1.03. The van der Waals surface area contributed by atoms with E-state index in [0.29, 0.717) is 12.5 Å². The van der Waals surface area contributed by atoms with Gasteiger partial charge in [0.15, 0.2) is 5.96 Å². The molecule has 2 N–H and O–H groups in total. The van der Waals surface area contributed by atoms with Crippen molar-refractivity contribution in [3.8, 4) is 0 Å². The van der Waals surface area contributed by atoms with Gasteiger partial charge in [-0.3, -0.25) is 4.90 Å². The maximum atomic E-state index is 5.74. The number of hydrogen-bond donors (Lipinski definition) is 2. The Hall–Kier alpha value is -1.13. The zero-order chi connectivity index (χ0) is 19.8. The molecule has 1 fully saturated rings. The number of furan rings is 1. The fourth-order valence-electron chi connectivity index (χ4n) is 3.48. The molecule has 0 radical (unpaired) electrons. The molecule has 1 aliphatic rings. The summed E-state index contributed by atoms with van der Waals surface area (Å²) in [7, 11) is 0. The molecule has 29 heavy (non-hydrogen) atoms. The molecule has 0 bridgehead atoms. The SMILES string of the molecule is CCNC(=NCc1csc(C(C)C)n1)NCC(c1ccco1)N1CCCCC1.I. The topological polar surface area (TPSA) is 65.7 Å². The Kier molecular flexibility index (Phi) is 10.4. The quantitative estimate of drug-likeness (QED) is 0.292. The van der Waals surface area contributed by atoms with Gasteiger partial charge in [-0.05, 0) is 45.0 Å². The summed E-state index contributed by atoms with van der Waals surface area (Å²) in [5.74, 6) is 2.31. The second-order valence-corrected chi connectivity index (χ2v) is 8.43. The van der Waals surface area contributed by atoms with Crippen molar-refractivity contribution in [2.45, 2.75) is 58.5 Å². The molecule has 1 saturated heterocycles. The summed E-state index contributed by atoms with van der Waals surface area (Å²) in [6.45, 7) is 10.9. The van der Waals surface area contributed by atoms with Crippen molar-refractivity contribution in [2.24, 2.45) is 4.99 Å². The maximum absolute atomic E-state index is 5.74. The Morgan fingerprint density at radius 1 is 1.28 bits per heavy atom. The molecule has 0 amide bonds. The first-order valence-corrected chi connectivity index (χ1v) is 11.3. The highest BCUT2D eigenvalue weighted by atomic mass is 127. The van der Waals surface area contributed by atoms with E-state index in [1.54, 1.807) is 17.6 Å². The summed E-state index contributed by atoms with van der Waals surface area (Å²) in [6.07, 6.45) is 5.60. The average Bonchev–Trinajstić information content (AvgIpc) is 3.39. The van der Waals surface area contributed by atoms with Crippen LogP contribution in [0.5, 0.6) is 0 Å². The van der Waals surface area contributed by atoms with Gasteiger partial charge >= 0.3 is 0 Å². The van der Waals surface area contributed by atoms with E-state index < -0.39 is 0 Å². The molecule has 2 aromatic heterocycles. The van der Waals surface area contributed by atoms with Gasteiger partial charge in [0.05, 0.1) is 29.6 Å². The molecule has 0 saturated carbocycles. The first-order chi connectivity index (χ1) is 13.7. The van der Waals surface area contributed by atoms with Crippen molar-refractivity contribution in [1.82, 2.24) is 20.5 Å². The minimum absolute atomic E-state index is 0. The first kappa shape index (κ1) is 24.1. The molecule has 6 nitrogen and oxygen atoms in total. The highest BCUT2D eigenvalue weighted by molar-refractivity contribution is 14.0. The number of aliphatic imine (C=N–C) groups is 1. The predicted molar refractivity (Wildman–Crippen MR) is 131 cm³/mol. The molecule has 162 valence electrons. The number of guanidine groups is 1. The lowest BCUT2D eigenvalue weighted by Crippen LogP contribution is -2.44. The van der Waals surface area contributed by atoms with Crippen LogP contribution >= 0.6 is 35.3 Å². The van der Waals surface area contributed by atoms with Crippen LogP contribution in [0.4, 0.5) is 0 Å². The van der Waals surface area contributed by atoms with Gasteiger partial charge < -0.3 is 15.1 Å². The minimum atomic E-state index is 0. The number of hydrogen-bond acceptors (Lipinski definition) is 5. The normalized spacial score (nSPS) is 16.5. The molecule has 0 aromatic carbocycles. The second kappa shape index (κ2) is 12.5. The first-order valence-electron chi connectivity index (χ1n) is 10.4. The van der Waals surface area contributed by atoms with Crippen LogP contribution < -0.4 is 10.6 Å². The molecule has 1 aliphatic heterocycles. The predicted octanol–water partition coefficient (Wildman–Crippen LogP) is 4.76. The summed E-state index contributed by atoms with van der Waals surface area (Å²) >= 11 is 1.72. The Morgan fingerprint density at radius 2 is 2.07 bits per heavy atom. The molecule has 3 heterocycles. The number of nitrogens with one attached hydrogen (secondary N) is 2. The standard InChI is InChI=1S/C21H33N5OS.HI/c1-4-22-21(23-13-17-15-28-20(25-17)16(2)3)24-14-18(19-9-8-12-27-19)26-10-6-5-7-11-26;/h8-9,12,15-16,18H,4-7,10-11,13-14H2,1-3H3,(H2,22,23,24);1H. The number of thiazole rings is 1. The van der Waals surface area contributed by atoms with Gasteiger partial charge in [-0.1, -0.05) is 20.3 Å². The van der Waals surface area contributed by atoms with Crippen LogP contribution in [0.1, 0.15) is 68.5 Å². The van der Waals surface area contributed by atoms with Gasteiger partial charge in [0.1, 0.15) is 5.76 Å². The van der Waals surface area contributed by atoms with Gasteiger partial charge in [0.25, 0.3) is 0 Å². The van der Waals surface area contributed by atoms with Crippen LogP contribution in [-0.2, 0) is 6.54 Å². The molecule has 1 unspecified atom stereocenters. The number of aromatic nitrogens is 1. The molecule has 2 aromatic rings. The lowest BCUT2D eigenvalue weighted by atomic mass is 10.1. The van der Waals surface area contributed by atoms with E-state index >= 15 is 0 Å². The zero-order valence-corrected chi connectivity index (χ0v) is 20.8. The number of rotatable bonds is 8. The Labute approximate surface area is 195 Å². The van der Waals surface area contributed by atoms with Gasteiger partial charge in [0, 0.05) is 24.4 Å². The fourth-order valence-corrected chi connectivity index (χ4v) is 4.30. The lowest BCUT2D eigenvalue weighted by molar-refractivity contribution is 0.146. The van der Waals surface area contributed by atoms with Crippen LogP contribution in [-0.4, -0.2) is 42.0 Å². The van der Waals surface area contributed by atoms with E-state index in [1.165, 1.54) is 24.3 Å². The molecular formula is C21H34IN5OS. The van der Waals surface area contributed by atoms with E-state index in [1.807, 2.05) is 6.07 Å². The molecule has 3 rings (SSSR count). The van der Waals surface area contributed by atoms with Crippen LogP contribution in [0, 0.1) is 0 Å². The molecule has 0 aliphatic carbocycles. The van der Waals surface area contributed by atoms with Gasteiger partial charge in [0.2, 0.25) is 0 Å². The number of halogens is 1. The van der Waals surface area contributed by atoms with E-state index in [-0.39, 0.29) is 30.0 Å². The largest absolute Gasteiger partial charge is 0.468 e. The molecular weight excluding hydrogens is 497 g/mol. The van der Waals surface area contributed by atoms with E-state index in [2.05, 4.69) is 52.7 Å². The fraction of sp³-hybridized carbons (Fsp3) is 0.619. The average molecular weight is 532 g/mol. The van der Waals surface area contributed by atoms with Crippen molar-refractivity contribution in [3.63, 3.8) is 0 Å². The van der Waals surface area contributed by atoms with Crippen LogP contribution in [0.15, 0.2) is 33.2 Å². The van der Waals surface area contributed by atoms with Crippen molar-refractivity contribution < 1.29 is 4.42 Å². The maximum Gasteiger partial charge on any atom is 0.191 e. The lowest BCUT2D eigenvalue weighted by Gasteiger charge is -2.33. The van der Waals surface area contributed by atoms with E-state index in [9.17, 15) is 0 Å². The molecule has 8 heteroatoms. The van der Waals surface area contributed by atoms with E-state index in [4.69, 9.17) is 9.41 Å². The number of likely N-dealkylation sites (tertiary alicyclic amines) is 1. The highest BCUT2D eigenvalue weighted by Crippen LogP contribution is 2.24. The van der Waals surface area contributed by atoms with E-state index in [0.717, 1.165) is 43.6 Å². The third-order valence-corrected chi connectivity index (χ3v) is 6.17. The van der Waals surface area contributed by atoms with Gasteiger partial charge in [-0.15, -0.1) is 35.3 Å². The van der Waals surface area contributed by atoms with Crippen molar-refractivity contribution in [1.29, 1.82) is 0 Å². The second-order valence-electron chi connectivity index (χ2n) is 7.54. The Bertz CT molecular complexity index is 725. The van der Waals surface area contributed by atoms with Gasteiger partial charge in [-0.25, -0.2) is 9.98 Å². The monoisotopic (exact) mass is 531 g/mol. The summed E-state index contributed by atoms with van der Waals surface area (Å²) < 4.78 is 5.74. The van der Waals surface area contributed by atoms with Crippen molar-refractivity contribution in [3.05, 3.63) is 40.2 Å². The third-order valence-electron chi connectivity index (χ3n) is 4.97. The smallest absolute Gasteiger partial charge is 0.191 e. The Balaban J connectivity index is 0.00000300. The molecule has 0 spiro atoms. The number of nitrogens with zero attached hydrogens (tertiary/aromatic N) is 3. The minimum Gasteiger partial charge on any atom is -0.468 e. The summed E-state index contributed by atoms with van der Waals surface area (Å²) in [6, 6.07) is 4.28. The van der Waals surface area contributed by atoms with Crippen LogP contribution in [0.2, 0.25) is 0 Å². The summed E-state index contributed by atoms with van der Waals surface area (Å²) in [5, 5.41) is 10.2. The van der Waals surface area contributed by atoms with Crippen molar-refractivity contribution in [2.75, 3.05) is 26.2 Å². The van der Waals surface area contributed by atoms with Crippen molar-refractivity contribution >= 4 is 41.3 Å². The summed E-state index contributed by atoms with van der Waals surface area (Å²) in [4.78, 5) is 12.0. The van der Waals surface area contributed by atoms with Crippen LogP contribution in [0.25, 0.3) is 0 Å². The molecule has 1 atom stereocenters. The number of piperidine rings is 1. The highest BCUT2D eigenvalue weighted by Gasteiger charge is 2.24. The third kappa shape index (κ3) is 7.25. The van der Waals surface area contributed by atoms with Crippen LogP contribution in [0.3, 0.4) is 0 Å².